The van der Waals surface area contributed by atoms with Gasteiger partial charge in [-0.2, -0.15) is 0 Å². The summed E-state index contributed by atoms with van der Waals surface area (Å²) in [5, 5.41) is 31.4. The van der Waals surface area contributed by atoms with E-state index in [4.69, 9.17) is 11.6 Å². The van der Waals surface area contributed by atoms with Gasteiger partial charge in [0.2, 0.25) is 0 Å². The molecular formula is C22H22ClF2NO6S. The van der Waals surface area contributed by atoms with Crippen molar-refractivity contribution in [3.05, 3.63) is 58.6 Å². The van der Waals surface area contributed by atoms with Gasteiger partial charge in [0.1, 0.15) is 6.10 Å². The lowest BCUT2D eigenvalue weighted by Crippen LogP contribution is -2.68. The monoisotopic (exact) mass is 501 g/mol. The Hall–Kier alpha value is -2.11. The van der Waals surface area contributed by atoms with Crippen molar-refractivity contribution in [2.75, 3.05) is 11.9 Å². The van der Waals surface area contributed by atoms with E-state index in [0.717, 1.165) is 18.2 Å². The van der Waals surface area contributed by atoms with Crippen LogP contribution in [0.25, 0.3) is 0 Å². The fourth-order valence-electron chi connectivity index (χ4n) is 4.96. The number of hydrogen-bond acceptors (Lipinski definition) is 6. The fourth-order valence-corrected chi connectivity index (χ4v) is 7.36. The number of fused-ring (bicyclic) bond motifs is 2. The van der Waals surface area contributed by atoms with E-state index in [-0.39, 0.29) is 34.0 Å². The molecule has 2 bridgehead atoms. The van der Waals surface area contributed by atoms with Gasteiger partial charge in [0.05, 0.1) is 27.4 Å². The first kappa shape index (κ1) is 24.0. The summed E-state index contributed by atoms with van der Waals surface area (Å²) in [6.07, 6.45) is -0.650. The summed E-state index contributed by atoms with van der Waals surface area (Å²) in [5.74, 6) is -3.93. The van der Waals surface area contributed by atoms with Crippen LogP contribution < -0.4 is 5.32 Å². The highest BCUT2D eigenvalue weighted by atomic mass is 35.5. The highest BCUT2D eigenvalue weighted by Crippen LogP contribution is 2.57. The molecule has 0 spiro atoms. The third kappa shape index (κ3) is 4.04. The number of halogens is 3. The van der Waals surface area contributed by atoms with E-state index in [1.165, 1.54) is 18.2 Å². The summed E-state index contributed by atoms with van der Waals surface area (Å²) in [5.41, 5.74) is -1.57. The lowest BCUT2D eigenvalue weighted by molar-refractivity contribution is -0.237. The molecule has 5 rings (SSSR count). The van der Waals surface area contributed by atoms with Gasteiger partial charge in [0.15, 0.2) is 21.5 Å². The van der Waals surface area contributed by atoms with Crippen LogP contribution in [-0.4, -0.2) is 53.2 Å². The molecule has 2 aromatic rings. The molecule has 3 fully saturated rings. The Labute approximate surface area is 193 Å². The molecule has 2 aromatic carbocycles. The van der Waals surface area contributed by atoms with Crippen molar-refractivity contribution in [1.82, 2.24) is 0 Å². The number of carbonyl (C=O) groups excluding carboxylic acids is 1. The molecule has 4 N–H and O–H groups in total. The highest BCUT2D eigenvalue weighted by molar-refractivity contribution is 7.92. The van der Waals surface area contributed by atoms with Crippen LogP contribution >= 0.6 is 11.6 Å². The van der Waals surface area contributed by atoms with Gasteiger partial charge in [-0.05, 0) is 61.4 Å². The summed E-state index contributed by atoms with van der Waals surface area (Å²) >= 11 is 6.16. The number of aliphatic hydroxyl groups is 3. The van der Waals surface area contributed by atoms with Crippen LogP contribution in [0, 0.1) is 23.5 Å². The smallest absolute Gasteiger partial charge is 0.255 e. The molecule has 0 aromatic heterocycles. The molecule has 33 heavy (non-hydrogen) atoms. The molecule has 11 heteroatoms. The quantitative estimate of drug-likeness (QED) is 0.482. The van der Waals surface area contributed by atoms with Gasteiger partial charge in [-0.1, -0.05) is 11.6 Å². The Bertz CT molecular complexity index is 1200. The van der Waals surface area contributed by atoms with Crippen LogP contribution in [0.4, 0.5) is 14.5 Å². The molecule has 2 unspecified atom stereocenters. The summed E-state index contributed by atoms with van der Waals surface area (Å²) < 4.78 is 53.2. The summed E-state index contributed by atoms with van der Waals surface area (Å²) in [4.78, 5) is 12.3. The maximum Gasteiger partial charge on any atom is 0.255 e. The van der Waals surface area contributed by atoms with Crippen LogP contribution in [-0.2, 0) is 9.84 Å². The Morgan fingerprint density at radius 1 is 1.12 bits per heavy atom. The van der Waals surface area contributed by atoms with Gasteiger partial charge >= 0.3 is 0 Å². The predicted octanol–water partition coefficient (Wildman–Crippen LogP) is 2.53. The second-order valence-corrected chi connectivity index (χ2v) is 11.2. The number of nitrogens with one attached hydrogen (secondary N) is 1. The number of hydrogen-bond donors (Lipinski definition) is 4. The van der Waals surface area contributed by atoms with E-state index in [9.17, 15) is 37.3 Å². The average molecular weight is 502 g/mol. The van der Waals surface area contributed by atoms with Gasteiger partial charge < -0.3 is 20.6 Å². The second kappa shape index (κ2) is 8.59. The Morgan fingerprint density at radius 3 is 2.39 bits per heavy atom. The van der Waals surface area contributed by atoms with Crippen molar-refractivity contribution in [1.29, 1.82) is 0 Å². The first-order chi connectivity index (χ1) is 15.5. The first-order valence-electron chi connectivity index (χ1n) is 10.3. The summed E-state index contributed by atoms with van der Waals surface area (Å²) in [6.45, 7) is -0.623. The third-order valence-corrected chi connectivity index (χ3v) is 9.45. The van der Waals surface area contributed by atoms with E-state index >= 15 is 0 Å². The minimum atomic E-state index is -4.00. The normalized spacial score (nSPS) is 27.5. The topological polar surface area (TPSA) is 124 Å². The van der Waals surface area contributed by atoms with Crippen molar-refractivity contribution in [3.63, 3.8) is 0 Å². The number of benzene rings is 2. The molecular weight excluding hydrogens is 480 g/mol. The second-order valence-electron chi connectivity index (χ2n) is 8.58. The molecule has 3 atom stereocenters. The predicted molar refractivity (Wildman–Crippen MR) is 116 cm³/mol. The SMILES string of the molecule is O=C(Nc1ccc(F)c(F)c1)c1ccc(Cl)c(S(=O)(=O)C2CC3CC(C2)C3(O)[C@@H](O)CO)c1. The largest absolute Gasteiger partial charge is 0.394 e. The molecule has 178 valence electrons. The zero-order valence-corrected chi connectivity index (χ0v) is 18.8. The molecule has 3 saturated carbocycles. The molecule has 0 saturated heterocycles. The Morgan fingerprint density at radius 2 is 1.79 bits per heavy atom. The number of amides is 1. The van der Waals surface area contributed by atoms with E-state index in [0.29, 0.717) is 6.42 Å². The van der Waals surface area contributed by atoms with E-state index in [2.05, 4.69) is 5.32 Å². The number of aliphatic hydroxyl groups excluding tert-OH is 2. The Balaban J connectivity index is 1.56. The number of sulfone groups is 1. The highest BCUT2D eigenvalue weighted by Gasteiger charge is 2.63. The van der Waals surface area contributed by atoms with Gasteiger partial charge in [0, 0.05) is 17.3 Å². The van der Waals surface area contributed by atoms with Gasteiger partial charge in [-0.25, -0.2) is 17.2 Å². The molecule has 0 aliphatic heterocycles. The van der Waals surface area contributed by atoms with Gasteiger partial charge in [-0.3, -0.25) is 4.79 Å². The summed E-state index contributed by atoms with van der Waals surface area (Å²) in [7, 11) is -4.00. The van der Waals surface area contributed by atoms with Crippen LogP contribution in [0.15, 0.2) is 41.3 Å². The molecule has 3 aliphatic carbocycles. The number of carbonyl (C=O) groups is 1. The van der Waals surface area contributed by atoms with Crippen molar-refractivity contribution in [2.45, 2.75) is 41.1 Å². The minimum Gasteiger partial charge on any atom is -0.394 e. The molecule has 0 heterocycles. The van der Waals surface area contributed by atoms with Crippen molar-refractivity contribution >= 4 is 33.0 Å². The van der Waals surface area contributed by atoms with Crippen LogP contribution in [0.3, 0.4) is 0 Å². The minimum absolute atomic E-state index is 0.00708. The van der Waals surface area contributed by atoms with Crippen molar-refractivity contribution < 1.29 is 37.3 Å². The van der Waals surface area contributed by atoms with Crippen molar-refractivity contribution in [2.24, 2.45) is 11.8 Å². The number of rotatable bonds is 6. The van der Waals surface area contributed by atoms with E-state index < -0.39 is 62.8 Å². The summed E-state index contributed by atoms with van der Waals surface area (Å²) in [6, 6.07) is 6.53. The molecule has 3 aliphatic rings. The Kier molecular flexibility index (Phi) is 6.25. The van der Waals surface area contributed by atoms with Gasteiger partial charge in [-0.15, -0.1) is 0 Å². The maximum atomic E-state index is 13.4. The zero-order valence-electron chi connectivity index (χ0n) is 17.2. The lowest BCUT2D eigenvalue weighted by Gasteiger charge is -2.59. The number of anilines is 1. The fraction of sp³-hybridized carbons (Fsp3) is 0.409. The molecule has 1 amide bonds. The third-order valence-electron chi connectivity index (χ3n) is 6.79. The van der Waals surface area contributed by atoms with Crippen molar-refractivity contribution in [3.8, 4) is 0 Å². The van der Waals surface area contributed by atoms with Crippen LogP contribution in [0.5, 0.6) is 0 Å². The first-order valence-corrected chi connectivity index (χ1v) is 12.2. The molecule has 0 radical (unpaired) electrons. The van der Waals surface area contributed by atoms with Crippen LogP contribution in [0.2, 0.25) is 5.02 Å². The van der Waals surface area contributed by atoms with Crippen LogP contribution in [0.1, 0.15) is 29.6 Å². The van der Waals surface area contributed by atoms with E-state index in [1.807, 2.05) is 0 Å². The average Bonchev–Trinajstić information content (AvgIpc) is 2.80. The zero-order chi connectivity index (χ0) is 24.1. The van der Waals surface area contributed by atoms with E-state index in [1.54, 1.807) is 0 Å². The standard InChI is InChI=1S/C22H22ClF2NO6S/c23-16-3-1-11(21(29)26-14-2-4-17(24)18(25)9-14)5-19(16)33(31,32)15-7-12-6-13(8-15)22(12,30)20(28)10-27/h1-5,9,12-13,15,20,27-28,30H,6-8,10H2,(H,26,29)/t12?,13?,15?,20-,22?/m0/s1. The maximum absolute atomic E-state index is 13.4. The van der Waals surface area contributed by atoms with Gasteiger partial charge in [0.25, 0.3) is 5.91 Å². The lowest BCUT2D eigenvalue weighted by atomic mass is 9.52. The molecule has 7 nitrogen and oxygen atoms in total.